The largest absolute Gasteiger partial charge is 0.337 e. The quantitative estimate of drug-likeness (QED) is 0.850. The number of nitrogens with zero attached hydrogens (tertiary/aromatic N) is 2. The first-order valence-electron chi connectivity index (χ1n) is 5.34. The predicted molar refractivity (Wildman–Crippen MR) is 69.7 cm³/mol. The molecule has 5 heteroatoms. The Kier molecular flexibility index (Phi) is 3.25. The van der Waals surface area contributed by atoms with E-state index in [1.54, 1.807) is 11.3 Å². The fraction of sp³-hybridized carbons (Fsp3) is 0.455. The smallest absolute Gasteiger partial charge is 0.177 e. The van der Waals surface area contributed by atoms with Crippen LogP contribution in [0, 0.1) is 11.7 Å². The van der Waals surface area contributed by atoms with Crippen LogP contribution in [-0.2, 0) is 6.42 Å². The predicted octanol–water partition coefficient (Wildman–Crippen LogP) is 3.48. The van der Waals surface area contributed by atoms with Crippen LogP contribution >= 0.6 is 23.6 Å². The van der Waals surface area contributed by atoms with Gasteiger partial charge in [0.25, 0.3) is 0 Å². The molecule has 0 amide bonds. The first-order chi connectivity index (χ1) is 7.63. The van der Waals surface area contributed by atoms with Gasteiger partial charge in [-0.15, -0.1) is 11.3 Å². The summed E-state index contributed by atoms with van der Waals surface area (Å²) in [4.78, 5) is 8.76. The minimum absolute atomic E-state index is 0.215. The molecule has 2 rings (SSSR count). The maximum absolute atomic E-state index is 5.31. The molecule has 0 aromatic carbocycles. The van der Waals surface area contributed by atoms with Crippen molar-refractivity contribution >= 4 is 23.6 Å². The van der Waals surface area contributed by atoms with E-state index >= 15 is 0 Å². The molecule has 0 radical (unpaired) electrons. The summed E-state index contributed by atoms with van der Waals surface area (Å²) in [5.74, 6) is 0. The van der Waals surface area contributed by atoms with E-state index in [-0.39, 0.29) is 6.04 Å². The Morgan fingerprint density at radius 2 is 2.38 bits per heavy atom. The molecule has 0 aliphatic rings. The second kappa shape index (κ2) is 4.51. The number of nitrogens with one attached hydrogen (secondary N) is 1. The molecule has 0 aliphatic carbocycles. The molecule has 2 aromatic heterocycles. The minimum atomic E-state index is 0.215. The summed E-state index contributed by atoms with van der Waals surface area (Å²) in [6.07, 6.45) is 4.87. The van der Waals surface area contributed by atoms with E-state index < -0.39 is 0 Å². The van der Waals surface area contributed by atoms with E-state index in [9.17, 15) is 0 Å². The van der Waals surface area contributed by atoms with Gasteiger partial charge in [-0.05, 0) is 32.5 Å². The molecule has 0 fully saturated rings. The van der Waals surface area contributed by atoms with Crippen molar-refractivity contribution < 1.29 is 0 Å². The van der Waals surface area contributed by atoms with Crippen molar-refractivity contribution in [3.63, 3.8) is 0 Å². The van der Waals surface area contributed by atoms with Gasteiger partial charge < -0.3 is 9.55 Å². The van der Waals surface area contributed by atoms with Gasteiger partial charge in [0.1, 0.15) is 5.01 Å². The summed E-state index contributed by atoms with van der Waals surface area (Å²) in [5, 5.41) is 1.11. The maximum Gasteiger partial charge on any atom is 0.177 e. The Morgan fingerprint density at radius 3 is 2.94 bits per heavy atom. The van der Waals surface area contributed by atoms with Gasteiger partial charge in [-0.2, -0.15) is 0 Å². The molecule has 2 heterocycles. The molecule has 0 saturated carbocycles. The van der Waals surface area contributed by atoms with Gasteiger partial charge in [0, 0.05) is 23.0 Å². The number of aryl methyl sites for hydroxylation is 2. The molecule has 1 unspecified atom stereocenters. The third-order valence-corrected chi connectivity index (χ3v) is 4.03. The van der Waals surface area contributed by atoms with E-state index in [0.717, 1.165) is 16.2 Å². The highest BCUT2D eigenvalue weighted by molar-refractivity contribution is 7.71. The second-order valence-corrected chi connectivity index (χ2v) is 5.45. The molecular weight excluding hydrogens is 238 g/mol. The number of hydrogen-bond acceptors (Lipinski definition) is 3. The summed E-state index contributed by atoms with van der Waals surface area (Å²) >= 11 is 7.04. The van der Waals surface area contributed by atoms with Crippen molar-refractivity contribution in [2.45, 2.75) is 33.2 Å². The van der Waals surface area contributed by atoms with Crippen LogP contribution in [0.25, 0.3) is 0 Å². The molecule has 1 atom stereocenters. The van der Waals surface area contributed by atoms with Crippen molar-refractivity contribution in [1.29, 1.82) is 0 Å². The van der Waals surface area contributed by atoms with Gasteiger partial charge in [0.15, 0.2) is 4.77 Å². The molecular formula is C11H15N3S2. The molecule has 3 nitrogen and oxygen atoms in total. The number of imidazole rings is 1. The van der Waals surface area contributed by atoms with Crippen LogP contribution in [0.2, 0.25) is 0 Å². The minimum Gasteiger partial charge on any atom is -0.337 e. The zero-order valence-corrected chi connectivity index (χ0v) is 11.3. The fourth-order valence-electron chi connectivity index (χ4n) is 1.79. The number of hydrogen-bond donors (Lipinski definition) is 1. The highest BCUT2D eigenvalue weighted by Gasteiger charge is 2.15. The zero-order valence-electron chi connectivity index (χ0n) is 9.65. The first kappa shape index (κ1) is 11.5. The summed E-state index contributed by atoms with van der Waals surface area (Å²) in [6.45, 7) is 6.35. The zero-order chi connectivity index (χ0) is 11.7. The standard InChI is InChI=1S/C11H15N3S2/c1-4-9-6-13-11(15)14(9)8(3)10-12-5-7(2)16-10/h5-6,8H,4H2,1-3H3,(H,13,15). The topological polar surface area (TPSA) is 33.6 Å². The summed E-state index contributed by atoms with van der Waals surface area (Å²) in [7, 11) is 0. The lowest BCUT2D eigenvalue weighted by molar-refractivity contribution is 0.600. The summed E-state index contributed by atoms with van der Waals surface area (Å²) in [5.41, 5.74) is 1.23. The van der Waals surface area contributed by atoms with Gasteiger partial charge in [0.05, 0.1) is 6.04 Å². The van der Waals surface area contributed by atoms with Crippen molar-refractivity contribution in [3.8, 4) is 0 Å². The van der Waals surface area contributed by atoms with Crippen molar-refractivity contribution in [1.82, 2.24) is 14.5 Å². The van der Waals surface area contributed by atoms with E-state index in [0.29, 0.717) is 0 Å². The molecule has 16 heavy (non-hydrogen) atoms. The average molecular weight is 253 g/mol. The van der Waals surface area contributed by atoms with Crippen LogP contribution in [0.15, 0.2) is 12.4 Å². The van der Waals surface area contributed by atoms with Crippen LogP contribution in [0.4, 0.5) is 0 Å². The second-order valence-electron chi connectivity index (χ2n) is 3.79. The fourth-order valence-corrected chi connectivity index (χ4v) is 2.94. The molecule has 0 bridgehead atoms. The van der Waals surface area contributed by atoms with Crippen LogP contribution in [-0.4, -0.2) is 14.5 Å². The van der Waals surface area contributed by atoms with E-state index in [2.05, 4.69) is 35.3 Å². The third kappa shape index (κ3) is 1.97. The van der Waals surface area contributed by atoms with Gasteiger partial charge in [-0.3, -0.25) is 0 Å². The molecule has 86 valence electrons. The van der Waals surface area contributed by atoms with Crippen LogP contribution < -0.4 is 0 Å². The Morgan fingerprint density at radius 1 is 1.62 bits per heavy atom. The summed E-state index contributed by atoms with van der Waals surface area (Å²) in [6, 6.07) is 0.215. The van der Waals surface area contributed by atoms with E-state index in [1.165, 1.54) is 10.6 Å². The van der Waals surface area contributed by atoms with Gasteiger partial charge >= 0.3 is 0 Å². The van der Waals surface area contributed by atoms with Crippen molar-refractivity contribution in [2.75, 3.05) is 0 Å². The maximum atomic E-state index is 5.31. The Labute approximate surface area is 104 Å². The third-order valence-electron chi connectivity index (χ3n) is 2.64. The van der Waals surface area contributed by atoms with E-state index in [1.807, 2.05) is 12.4 Å². The number of rotatable bonds is 3. The van der Waals surface area contributed by atoms with Gasteiger partial charge in [-0.25, -0.2) is 4.98 Å². The Balaban J connectivity index is 2.44. The molecule has 1 N–H and O–H groups in total. The highest BCUT2D eigenvalue weighted by Crippen LogP contribution is 2.24. The normalized spacial score (nSPS) is 12.9. The molecule has 0 spiro atoms. The lowest BCUT2D eigenvalue weighted by Gasteiger charge is -2.13. The summed E-state index contributed by atoms with van der Waals surface area (Å²) < 4.78 is 2.92. The lowest BCUT2D eigenvalue weighted by Crippen LogP contribution is -2.09. The number of H-pyrrole nitrogens is 1. The number of aromatic amines is 1. The van der Waals surface area contributed by atoms with Gasteiger partial charge in [-0.1, -0.05) is 6.92 Å². The Hall–Kier alpha value is -0.940. The first-order valence-corrected chi connectivity index (χ1v) is 6.57. The van der Waals surface area contributed by atoms with E-state index in [4.69, 9.17) is 12.2 Å². The van der Waals surface area contributed by atoms with Crippen LogP contribution in [0.3, 0.4) is 0 Å². The van der Waals surface area contributed by atoms with Gasteiger partial charge in [0.2, 0.25) is 0 Å². The van der Waals surface area contributed by atoms with Crippen LogP contribution in [0.5, 0.6) is 0 Å². The van der Waals surface area contributed by atoms with Crippen molar-refractivity contribution in [3.05, 3.63) is 32.7 Å². The number of aromatic nitrogens is 3. The molecule has 0 saturated heterocycles. The molecule has 2 aromatic rings. The van der Waals surface area contributed by atoms with Crippen LogP contribution in [0.1, 0.15) is 35.5 Å². The SMILES string of the molecule is CCc1c[nH]c(=S)n1C(C)c1ncc(C)s1. The number of thiazole rings is 1. The lowest BCUT2D eigenvalue weighted by atomic mass is 10.3. The Bertz CT molecular complexity index is 535. The monoisotopic (exact) mass is 253 g/mol. The van der Waals surface area contributed by atoms with Crippen molar-refractivity contribution in [2.24, 2.45) is 0 Å². The molecule has 0 aliphatic heterocycles. The highest BCUT2D eigenvalue weighted by atomic mass is 32.1. The average Bonchev–Trinajstić information content (AvgIpc) is 2.83.